The van der Waals surface area contributed by atoms with Gasteiger partial charge in [0.2, 0.25) is 0 Å². The van der Waals surface area contributed by atoms with Crippen LogP contribution in [0.25, 0.3) is 11.1 Å². The molecule has 0 unspecified atom stereocenters. The number of carboxylic acid groups (broad SMARTS) is 1. The van der Waals surface area contributed by atoms with Crippen molar-refractivity contribution in [3.8, 4) is 23.0 Å². The summed E-state index contributed by atoms with van der Waals surface area (Å²) in [6.45, 7) is 1.84. The fourth-order valence-corrected chi connectivity index (χ4v) is 3.38. The normalized spacial score (nSPS) is 12.9. The molecule has 0 fully saturated rings. The summed E-state index contributed by atoms with van der Waals surface area (Å²) in [6, 6.07) is 15.1. The third kappa shape index (κ3) is 4.12. The van der Waals surface area contributed by atoms with Gasteiger partial charge in [-0.25, -0.2) is 9.59 Å². The van der Waals surface area contributed by atoms with Crippen molar-refractivity contribution < 1.29 is 19.4 Å². The fourth-order valence-electron chi connectivity index (χ4n) is 3.38. The number of carboxylic acids is 1. The standard InChI is InChI=1S/C22H21NO4/c1-2-3-4-13-20(21(24)25)23-22(26)27-14-19-17-11-7-5-9-15(17)16-10-6-8-12-18(16)19/h5-12,19-20H,4,13-14H2,1H3,(H,23,26)(H,24,25)/t20-/m1/s1. The zero-order chi connectivity index (χ0) is 19.2. The highest BCUT2D eigenvalue weighted by Gasteiger charge is 2.29. The molecule has 0 aromatic heterocycles. The number of ether oxygens (including phenoxy) is 1. The Kier molecular flexibility index (Phi) is 5.77. The minimum atomic E-state index is -1.10. The molecule has 0 bridgehead atoms. The molecule has 0 saturated heterocycles. The first kappa shape index (κ1) is 18.5. The van der Waals surface area contributed by atoms with Gasteiger partial charge in [-0.3, -0.25) is 0 Å². The molecule has 27 heavy (non-hydrogen) atoms. The van der Waals surface area contributed by atoms with Crippen LogP contribution in [0.1, 0.15) is 36.8 Å². The Balaban J connectivity index is 1.66. The second-order valence-electron chi connectivity index (χ2n) is 6.33. The van der Waals surface area contributed by atoms with Gasteiger partial charge in [0.05, 0.1) is 0 Å². The number of rotatable bonds is 6. The topological polar surface area (TPSA) is 75.6 Å². The number of hydrogen-bond donors (Lipinski definition) is 2. The summed E-state index contributed by atoms with van der Waals surface area (Å²) >= 11 is 0. The lowest BCUT2D eigenvalue weighted by Crippen LogP contribution is -2.41. The number of nitrogens with one attached hydrogen (secondary N) is 1. The molecular weight excluding hydrogens is 342 g/mol. The molecule has 0 saturated carbocycles. The molecule has 0 radical (unpaired) electrons. The lowest BCUT2D eigenvalue weighted by atomic mass is 9.98. The van der Waals surface area contributed by atoms with Gasteiger partial charge in [-0.05, 0) is 35.6 Å². The summed E-state index contributed by atoms with van der Waals surface area (Å²) in [4.78, 5) is 23.4. The first-order valence-electron chi connectivity index (χ1n) is 8.85. The molecule has 2 aromatic carbocycles. The summed E-state index contributed by atoms with van der Waals surface area (Å²) in [6.07, 6.45) is -0.0916. The third-order valence-corrected chi connectivity index (χ3v) is 4.67. The lowest BCUT2D eigenvalue weighted by Gasteiger charge is -2.17. The van der Waals surface area contributed by atoms with Crippen LogP contribution >= 0.6 is 0 Å². The summed E-state index contributed by atoms with van der Waals surface area (Å²) < 4.78 is 5.38. The van der Waals surface area contributed by atoms with E-state index in [0.717, 1.165) is 22.3 Å². The first-order valence-corrected chi connectivity index (χ1v) is 8.85. The van der Waals surface area contributed by atoms with Gasteiger partial charge in [-0.15, -0.1) is 11.8 Å². The van der Waals surface area contributed by atoms with Gasteiger partial charge < -0.3 is 15.2 Å². The molecule has 1 atom stereocenters. The molecule has 2 N–H and O–H groups in total. The maximum absolute atomic E-state index is 12.1. The Morgan fingerprint density at radius 2 is 1.70 bits per heavy atom. The number of benzene rings is 2. The zero-order valence-corrected chi connectivity index (χ0v) is 15.1. The van der Waals surface area contributed by atoms with Crippen LogP contribution in [0, 0.1) is 11.8 Å². The number of hydrogen-bond acceptors (Lipinski definition) is 3. The summed E-state index contributed by atoms with van der Waals surface area (Å²) in [5.74, 6) is 4.36. The Morgan fingerprint density at radius 1 is 1.11 bits per heavy atom. The van der Waals surface area contributed by atoms with E-state index >= 15 is 0 Å². The predicted octanol–water partition coefficient (Wildman–Crippen LogP) is 3.78. The van der Waals surface area contributed by atoms with Crippen molar-refractivity contribution in [1.82, 2.24) is 5.32 Å². The molecule has 3 rings (SSSR count). The van der Waals surface area contributed by atoms with E-state index in [1.54, 1.807) is 6.92 Å². The smallest absolute Gasteiger partial charge is 0.407 e. The number of alkyl carbamates (subject to hydrolysis) is 1. The zero-order valence-electron chi connectivity index (χ0n) is 15.1. The van der Waals surface area contributed by atoms with Crippen LogP contribution in [0.2, 0.25) is 0 Å². The summed E-state index contributed by atoms with van der Waals surface area (Å²) in [5, 5.41) is 11.7. The van der Waals surface area contributed by atoms with Gasteiger partial charge in [0.15, 0.2) is 0 Å². The van der Waals surface area contributed by atoms with Gasteiger partial charge in [-0.1, -0.05) is 48.5 Å². The molecular formula is C22H21NO4. The second-order valence-corrected chi connectivity index (χ2v) is 6.33. The number of carbonyl (C=O) groups excluding carboxylic acids is 1. The van der Waals surface area contributed by atoms with Crippen molar-refractivity contribution in [1.29, 1.82) is 0 Å². The van der Waals surface area contributed by atoms with Gasteiger partial charge >= 0.3 is 12.1 Å². The molecule has 0 heterocycles. The SMILES string of the molecule is CC#CCC[C@@H](NC(=O)OCC1c2ccccc2-c2ccccc21)C(=O)O. The highest BCUT2D eigenvalue weighted by atomic mass is 16.5. The Labute approximate surface area is 158 Å². The van der Waals surface area contributed by atoms with Gasteiger partial charge in [0, 0.05) is 12.3 Å². The Hall–Kier alpha value is -3.26. The molecule has 1 aliphatic rings. The van der Waals surface area contributed by atoms with Crippen LogP contribution < -0.4 is 5.32 Å². The molecule has 5 heteroatoms. The quantitative estimate of drug-likeness (QED) is 0.766. The van der Waals surface area contributed by atoms with Crippen molar-refractivity contribution in [3.05, 3.63) is 59.7 Å². The van der Waals surface area contributed by atoms with Crippen LogP contribution in [-0.2, 0) is 9.53 Å². The maximum atomic E-state index is 12.1. The van der Waals surface area contributed by atoms with E-state index in [2.05, 4.69) is 29.3 Å². The minimum absolute atomic E-state index is 0.0580. The van der Waals surface area contributed by atoms with Crippen molar-refractivity contribution >= 4 is 12.1 Å². The van der Waals surface area contributed by atoms with Gasteiger partial charge in [0.1, 0.15) is 12.6 Å². The molecule has 0 aliphatic heterocycles. The monoisotopic (exact) mass is 363 g/mol. The van der Waals surface area contributed by atoms with Crippen LogP contribution in [0.4, 0.5) is 4.79 Å². The van der Waals surface area contributed by atoms with E-state index in [1.165, 1.54) is 0 Å². The molecule has 1 amide bonds. The van der Waals surface area contributed by atoms with E-state index in [4.69, 9.17) is 4.74 Å². The van der Waals surface area contributed by atoms with Crippen LogP contribution in [-0.4, -0.2) is 29.8 Å². The molecule has 1 aliphatic carbocycles. The van der Waals surface area contributed by atoms with E-state index in [9.17, 15) is 14.7 Å². The van der Waals surface area contributed by atoms with Crippen LogP contribution in [0.3, 0.4) is 0 Å². The second kappa shape index (κ2) is 8.41. The molecule has 5 nitrogen and oxygen atoms in total. The number of amides is 1. The summed E-state index contributed by atoms with van der Waals surface area (Å²) in [7, 11) is 0. The van der Waals surface area contributed by atoms with E-state index in [0.29, 0.717) is 6.42 Å². The maximum Gasteiger partial charge on any atom is 0.407 e. The average Bonchev–Trinajstić information content (AvgIpc) is 2.99. The predicted molar refractivity (Wildman–Crippen MR) is 102 cm³/mol. The highest BCUT2D eigenvalue weighted by molar-refractivity contribution is 5.81. The Morgan fingerprint density at radius 3 is 2.26 bits per heavy atom. The fraction of sp³-hybridized carbons (Fsp3) is 0.273. The molecule has 2 aromatic rings. The van der Waals surface area contributed by atoms with Crippen LogP contribution in [0.15, 0.2) is 48.5 Å². The molecule has 138 valence electrons. The van der Waals surface area contributed by atoms with Crippen molar-refractivity contribution in [2.45, 2.75) is 31.7 Å². The van der Waals surface area contributed by atoms with Gasteiger partial charge in [0.25, 0.3) is 0 Å². The first-order chi connectivity index (χ1) is 13.1. The highest BCUT2D eigenvalue weighted by Crippen LogP contribution is 2.44. The average molecular weight is 363 g/mol. The van der Waals surface area contributed by atoms with Gasteiger partial charge in [-0.2, -0.15) is 0 Å². The minimum Gasteiger partial charge on any atom is -0.480 e. The Bertz CT molecular complexity index is 864. The third-order valence-electron chi connectivity index (χ3n) is 4.67. The lowest BCUT2D eigenvalue weighted by molar-refractivity contribution is -0.139. The molecule has 0 spiro atoms. The van der Waals surface area contributed by atoms with Crippen molar-refractivity contribution in [2.24, 2.45) is 0 Å². The van der Waals surface area contributed by atoms with E-state index in [-0.39, 0.29) is 18.9 Å². The summed E-state index contributed by atoms with van der Waals surface area (Å²) in [5.41, 5.74) is 4.51. The largest absolute Gasteiger partial charge is 0.480 e. The van der Waals surface area contributed by atoms with Crippen LogP contribution in [0.5, 0.6) is 0 Å². The number of aliphatic carboxylic acids is 1. The number of carbonyl (C=O) groups is 2. The van der Waals surface area contributed by atoms with Crippen molar-refractivity contribution in [3.63, 3.8) is 0 Å². The van der Waals surface area contributed by atoms with Crippen molar-refractivity contribution in [2.75, 3.05) is 6.61 Å². The van der Waals surface area contributed by atoms with E-state index < -0.39 is 18.1 Å². The van der Waals surface area contributed by atoms with E-state index in [1.807, 2.05) is 36.4 Å². The number of fused-ring (bicyclic) bond motifs is 3.